The third-order valence-corrected chi connectivity index (χ3v) is 7.10. The average molecular weight is 445 g/mol. The van der Waals surface area contributed by atoms with Crippen LogP contribution >= 0.6 is 11.3 Å². The summed E-state index contributed by atoms with van der Waals surface area (Å²) in [5, 5.41) is 5.00. The predicted molar refractivity (Wildman–Crippen MR) is 120 cm³/mol. The van der Waals surface area contributed by atoms with Gasteiger partial charge in [0.05, 0.1) is 12.4 Å². The van der Waals surface area contributed by atoms with Crippen LogP contribution in [0.25, 0.3) is 11.2 Å². The summed E-state index contributed by atoms with van der Waals surface area (Å²) in [4.78, 5) is 45.9. The fraction of sp³-hybridized carbons (Fsp3) is 0.524. The van der Waals surface area contributed by atoms with Gasteiger partial charge < -0.3 is 9.88 Å². The molecule has 166 valence electrons. The Morgan fingerprint density at radius 3 is 2.71 bits per heavy atom. The monoisotopic (exact) mass is 444 g/mol. The first kappa shape index (κ1) is 21.5. The maximum Gasteiger partial charge on any atom is 0.332 e. The van der Waals surface area contributed by atoms with Gasteiger partial charge in [0.15, 0.2) is 11.2 Å². The Balaban J connectivity index is 1.51. The van der Waals surface area contributed by atoms with Crippen LogP contribution in [0.1, 0.15) is 30.7 Å². The van der Waals surface area contributed by atoms with Gasteiger partial charge in [-0.15, -0.1) is 11.3 Å². The van der Waals surface area contributed by atoms with Crippen molar-refractivity contribution in [3.8, 4) is 0 Å². The third kappa shape index (κ3) is 4.22. The van der Waals surface area contributed by atoms with Gasteiger partial charge in [-0.1, -0.05) is 13.0 Å². The topological polar surface area (TPSA) is 94.2 Å². The van der Waals surface area contributed by atoms with E-state index >= 15 is 0 Å². The van der Waals surface area contributed by atoms with Gasteiger partial charge in [-0.3, -0.25) is 19.1 Å². The number of carbonyl (C=O) groups is 1. The highest BCUT2D eigenvalue weighted by Gasteiger charge is 2.26. The predicted octanol–water partition coefficient (Wildman–Crippen LogP) is 1.08. The smallest absolute Gasteiger partial charge is 0.332 e. The summed E-state index contributed by atoms with van der Waals surface area (Å²) in [6, 6.07) is 4.21. The van der Waals surface area contributed by atoms with Gasteiger partial charge in [-0.2, -0.15) is 0 Å². The summed E-state index contributed by atoms with van der Waals surface area (Å²) in [5.41, 5.74) is -0.445. The van der Waals surface area contributed by atoms with Crippen molar-refractivity contribution in [1.82, 2.24) is 28.9 Å². The van der Waals surface area contributed by atoms with Crippen molar-refractivity contribution in [2.24, 2.45) is 20.0 Å². The van der Waals surface area contributed by atoms with Crippen molar-refractivity contribution in [2.75, 3.05) is 19.6 Å². The number of fused-ring (bicyclic) bond motifs is 1. The van der Waals surface area contributed by atoms with E-state index in [0.29, 0.717) is 17.7 Å². The van der Waals surface area contributed by atoms with Crippen molar-refractivity contribution in [1.29, 1.82) is 0 Å². The summed E-state index contributed by atoms with van der Waals surface area (Å²) >= 11 is 1.68. The maximum absolute atomic E-state index is 12.8. The second-order valence-corrected chi connectivity index (χ2v) is 9.29. The van der Waals surface area contributed by atoms with E-state index < -0.39 is 11.2 Å². The lowest BCUT2D eigenvalue weighted by molar-refractivity contribution is -0.122. The quantitative estimate of drug-likeness (QED) is 0.614. The maximum atomic E-state index is 12.8. The van der Waals surface area contributed by atoms with Gasteiger partial charge >= 0.3 is 5.69 Å². The molecule has 1 aliphatic heterocycles. The van der Waals surface area contributed by atoms with E-state index in [-0.39, 0.29) is 18.5 Å². The van der Waals surface area contributed by atoms with Gasteiger partial charge in [0.2, 0.25) is 5.91 Å². The van der Waals surface area contributed by atoms with Gasteiger partial charge in [0, 0.05) is 25.5 Å². The highest BCUT2D eigenvalue weighted by molar-refractivity contribution is 7.10. The molecule has 0 spiro atoms. The Hall–Kier alpha value is -2.72. The van der Waals surface area contributed by atoms with Crippen molar-refractivity contribution in [2.45, 2.75) is 32.4 Å². The van der Waals surface area contributed by atoms with Crippen molar-refractivity contribution >= 4 is 28.4 Å². The molecule has 31 heavy (non-hydrogen) atoms. The molecule has 0 aromatic carbocycles. The Labute approximate surface area is 183 Å². The second-order valence-electron chi connectivity index (χ2n) is 8.31. The number of hydrogen-bond acceptors (Lipinski definition) is 6. The van der Waals surface area contributed by atoms with Crippen LogP contribution in [0.5, 0.6) is 0 Å². The largest absolute Gasteiger partial charge is 0.353 e. The van der Waals surface area contributed by atoms with Crippen molar-refractivity contribution < 1.29 is 4.79 Å². The van der Waals surface area contributed by atoms with E-state index in [1.165, 1.54) is 15.8 Å². The molecule has 3 aromatic heterocycles. The van der Waals surface area contributed by atoms with Gasteiger partial charge in [0.25, 0.3) is 5.56 Å². The van der Waals surface area contributed by atoms with E-state index in [1.54, 1.807) is 30.0 Å². The summed E-state index contributed by atoms with van der Waals surface area (Å²) in [5.74, 6) is 0.368. The zero-order chi connectivity index (χ0) is 22.1. The van der Waals surface area contributed by atoms with Gasteiger partial charge in [0.1, 0.15) is 6.54 Å². The van der Waals surface area contributed by atoms with E-state index in [1.807, 2.05) is 11.4 Å². The van der Waals surface area contributed by atoms with E-state index in [2.05, 4.69) is 28.2 Å². The van der Waals surface area contributed by atoms with Crippen molar-refractivity contribution in [3.05, 3.63) is 49.6 Å². The SMILES string of the molecule is CC1CCN(C(CNC(=O)Cn2c(=O)c3c(ncn3C)n(C)c2=O)c2cccs2)CC1. The normalized spacial score (nSPS) is 16.6. The number of aromatic nitrogens is 4. The third-order valence-electron chi connectivity index (χ3n) is 6.13. The molecule has 1 unspecified atom stereocenters. The van der Waals surface area contributed by atoms with Crippen LogP contribution in [0.3, 0.4) is 0 Å². The molecule has 9 nitrogen and oxygen atoms in total. The highest BCUT2D eigenvalue weighted by Crippen LogP contribution is 2.29. The molecule has 1 fully saturated rings. The van der Waals surface area contributed by atoms with Crippen LogP contribution in [0, 0.1) is 5.92 Å². The summed E-state index contributed by atoms with van der Waals surface area (Å²) in [6.45, 7) is 4.39. The molecule has 4 heterocycles. The molecule has 1 atom stereocenters. The Morgan fingerprint density at radius 2 is 2.03 bits per heavy atom. The summed E-state index contributed by atoms with van der Waals surface area (Å²) in [7, 11) is 3.24. The number of rotatable bonds is 6. The molecule has 10 heteroatoms. The molecule has 0 saturated carbocycles. The summed E-state index contributed by atoms with van der Waals surface area (Å²) in [6.07, 6.45) is 3.78. The van der Waals surface area contributed by atoms with Crippen LogP contribution in [0.15, 0.2) is 33.4 Å². The first-order chi connectivity index (χ1) is 14.9. The number of aryl methyl sites for hydroxylation is 2. The van der Waals surface area contributed by atoms with Crippen LogP contribution in [-0.4, -0.2) is 49.1 Å². The number of imidazole rings is 1. The number of nitrogens with one attached hydrogen (secondary N) is 1. The van der Waals surface area contributed by atoms with Crippen LogP contribution in [-0.2, 0) is 25.4 Å². The number of likely N-dealkylation sites (tertiary alicyclic amines) is 1. The number of thiophene rings is 1. The van der Waals surface area contributed by atoms with Crippen LogP contribution in [0.4, 0.5) is 0 Å². The first-order valence-electron chi connectivity index (χ1n) is 10.5. The van der Waals surface area contributed by atoms with Crippen LogP contribution in [0.2, 0.25) is 0 Å². The highest BCUT2D eigenvalue weighted by atomic mass is 32.1. The fourth-order valence-electron chi connectivity index (χ4n) is 4.18. The Bertz CT molecular complexity index is 1180. The van der Waals surface area contributed by atoms with Gasteiger partial charge in [-0.25, -0.2) is 14.3 Å². The first-order valence-corrected chi connectivity index (χ1v) is 11.4. The number of carbonyl (C=O) groups excluding carboxylic acids is 1. The van der Waals surface area contributed by atoms with E-state index in [4.69, 9.17) is 0 Å². The number of piperidine rings is 1. The fourth-order valence-corrected chi connectivity index (χ4v) is 5.04. The lowest BCUT2D eigenvalue weighted by atomic mass is 9.97. The molecule has 0 bridgehead atoms. The minimum absolute atomic E-state index is 0.0931. The molecular weight excluding hydrogens is 416 g/mol. The number of nitrogens with zero attached hydrogens (tertiary/aromatic N) is 5. The standard InChI is InChI=1S/C21H28N6O3S/c1-14-6-8-26(9-7-14)15(16-5-4-10-31-16)11-22-17(28)12-27-20(29)18-19(23-13-24(18)2)25(3)21(27)30/h4-5,10,13-15H,6-9,11-12H2,1-3H3,(H,22,28). The molecule has 3 aromatic rings. The molecule has 1 saturated heterocycles. The average Bonchev–Trinajstić information content (AvgIpc) is 3.41. The molecule has 1 aliphatic rings. The van der Waals surface area contributed by atoms with E-state index in [9.17, 15) is 14.4 Å². The Morgan fingerprint density at radius 1 is 1.29 bits per heavy atom. The molecule has 4 rings (SSSR count). The Kier molecular flexibility index (Phi) is 6.10. The minimum atomic E-state index is -0.550. The second kappa shape index (κ2) is 8.80. The lowest BCUT2D eigenvalue weighted by Gasteiger charge is -2.36. The molecule has 0 aliphatic carbocycles. The summed E-state index contributed by atoms with van der Waals surface area (Å²) < 4.78 is 3.84. The lowest BCUT2D eigenvalue weighted by Crippen LogP contribution is -2.45. The molecule has 1 amide bonds. The zero-order valence-electron chi connectivity index (χ0n) is 18.1. The minimum Gasteiger partial charge on any atom is -0.353 e. The van der Waals surface area contributed by atoms with Gasteiger partial charge in [-0.05, 0) is 43.3 Å². The number of amides is 1. The molecular formula is C21H28N6O3S. The molecule has 0 radical (unpaired) electrons. The van der Waals surface area contributed by atoms with E-state index in [0.717, 1.165) is 36.4 Å². The zero-order valence-corrected chi connectivity index (χ0v) is 18.9. The molecule has 1 N–H and O–H groups in total. The van der Waals surface area contributed by atoms with Crippen LogP contribution < -0.4 is 16.6 Å². The number of hydrogen-bond donors (Lipinski definition) is 1. The van der Waals surface area contributed by atoms with Crippen molar-refractivity contribution in [3.63, 3.8) is 0 Å².